The lowest BCUT2D eigenvalue weighted by Crippen LogP contribution is -2.33. The number of aryl methyl sites for hydroxylation is 1. The molecule has 0 aromatic heterocycles. The van der Waals surface area contributed by atoms with Crippen LogP contribution in [-0.2, 0) is 11.2 Å². The van der Waals surface area contributed by atoms with E-state index in [1.165, 1.54) is 5.56 Å². The summed E-state index contributed by atoms with van der Waals surface area (Å²) in [6.07, 6.45) is 2.05. The van der Waals surface area contributed by atoms with Crippen molar-refractivity contribution < 1.29 is 9.84 Å². The van der Waals surface area contributed by atoms with Crippen molar-refractivity contribution in [1.82, 2.24) is 5.32 Å². The third-order valence-corrected chi connectivity index (χ3v) is 2.58. The smallest absolute Gasteiger partial charge is 0.115 e. The molecule has 0 aliphatic rings. The van der Waals surface area contributed by atoms with Crippen LogP contribution in [0.3, 0.4) is 0 Å². The van der Waals surface area contributed by atoms with Gasteiger partial charge in [-0.15, -0.1) is 0 Å². The van der Waals surface area contributed by atoms with Gasteiger partial charge in [-0.25, -0.2) is 0 Å². The SMILES string of the molecule is CCNC(CCc1ccc(O)cc1)COC. The number of likely N-dealkylation sites (N-methyl/N-ethyl adjacent to an activating group) is 1. The van der Waals surface area contributed by atoms with Gasteiger partial charge in [0.2, 0.25) is 0 Å². The summed E-state index contributed by atoms with van der Waals surface area (Å²) in [5.41, 5.74) is 1.25. The first kappa shape index (κ1) is 13.0. The molecule has 90 valence electrons. The molecule has 0 spiro atoms. The Hall–Kier alpha value is -1.06. The normalized spacial score (nSPS) is 12.6. The first-order chi connectivity index (χ1) is 7.76. The lowest BCUT2D eigenvalue weighted by Gasteiger charge is -2.16. The van der Waals surface area contributed by atoms with Crippen LogP contribution in [0.4, 0.5) is 0 Å². The Bertz CT molecular complexity index is 278. The van der Waals surface area contributed by atoms with Crippen molar-refractivity contribution in [2.75, 3.05) is 20.3 Å². The molecule has 1 aromatic carbocycles. The van der Waals surface area contributed by atoms with Crippen LogP contribution < -0.4 is 5.32 Å². The van der Waals surface area contributed by atoms with Crippen molar-refractivity contribution in [2.24, 2.45) is 0 Å². The fourth-order valence-electron chi connectivity index (χ4n) is 1.74. The number of phenols is 1. The van der Waals surface area contributed by atoms with Crippen LogP contribution in [-0.4, -0.2) is 31.4 Å². The zero-order valence-corrected chi connectivity index (χ0v) is 10.1. The number of hydrogen-bond acceptors (Lipinski definition) is 3. The van der Waals surface area contributed by atoms with Gasteiger partial charge in [0.1, 0.15) is 5.75 Å². The molecule has 0 fully saturated rings. The van der Waals surface area contributed by atoms with Gasteiger partial charge in [0.25, 0.3) is 0 Å². The van der Waals surface area contributed by atoms with Crippen molar-refractivity contribution in [1.29, 1.82) is 0 Å². The fraction of sp³-hybridized carbons (Fsp3) is 0.538. The third kappa shape index (κ3) is 4.64. The van der Waals surface area contributed by atoms with Crippen LogP contribution in [0.2, 0.25) is 0 Å². The highest BCUT2D eigenvalue weighted by atomic mass is 16.5. The molecule has 0 bridgehead atoms. The fourth-order valence-corrected chi connectivity index (χ4v) is 1.74. The second kappa shape index (κ2) is 7.25. The summed E-state index contributed by atoms with van der Waals surface area (Å²) >= 11 is 0. The average Bonchev–Trinajstić information content (AvgIpc) is 2.29. The molecular formula is C13H21NO2. The minimum absolute atomic E-state index is 0.323. The van der Waals surface area contributed by atoms with E-state index in [9.17, 15) is 5.11 Å². The van der Waals surface area contributed by atoms with E-state index in [4.69, 9.17) is 4.74 Å². The van der Waals surface area contributed by atoms with E-state index in [2.05, 4.69) is 12.2 Å². The van der Waals surface area contributed by atoms with E-state index in [0.717, 1.165) is 26.0 Å². The first-order valence-corrected chi connectivity index (χ1v) is 5.76. The quantitative estimate of drug-likeness (QED) is 0.742. The summed E-state index contributed by atoms with van der Waals surface area (Å²) in [7, 11) is 1.73. The highest BCUT2D eigenvalue weighted by Crippen LogP contribution is 2.12. The Morgan fingerprint density at radius 3 is 2.56 bits per heavy atom. The van der Waals surface area contributed by atoms with Crippen molar-refractivity contribution in [3.63, 3.8) is 0 Å². The predicted octanol–water partition coefficient (Wildman–Crippen LogP) is 1.95. The number of nitrogens with one attached hydrogen (secondary N) is 1. The number of benzene rings is 1. The van der Waals surface area contributed by atoms with Crippen LogP contribution in [0.5, 0.6) is 5.75 Å². The number of methoxy groups -OCH3 is 1. The minimum atomic E-state index is 0.323. The zero-order chi connectivity index (χ0) is 11.8. The van der Waals surface area contributed by atoms with E-state index < -0.39 is 0 Å². The Labute approximate surface area is 97.4 Å². The molecule has 1 rings (SSSR count). The van der Waals surface area contributed by atoms with Crippen molar-refractivity contribution >= 4 is 0 Å². The molecule has 3 heteroatoms. The van der Waals surface area contributed by atoms with Gasteiger partial charge in [-0.2, -0.15) is 0 Å². The highest BCUT2D eigenvalue weighted by molar-refractivity contribution is 5.25. The number of hydrogen-bond donors (Lipinski definition) is 2. The largest absolute Gasteiger partial charge is 0.508 e. The van der Waals surface area contributed by atoms with E-state index >= 15 is 0 Å². The summed E-state index contributed by atoms with van der Waals surface area (Å²) in [5, 5.41) is 12.6. The minimum Gasteiger partial charge on any atom is -0.508 e. The van der Waals surface area contributed by atoms with E-state index in [1.807, 2.05) is 12.1 Å². The van der Waals surface area contributed by atoms with Crippen LogP contribution in [0, 0.1) is 0 Å². The van der Waals surface area contributed by atoms with Crippen molar-refractivity contribution in [3.05, 3.63) is 29.8 Å². The summed E-state index contributed by atoms with van der Waals surface area (Å²) in [6.45, 7) is 3.80. The van der Waals surface area contributed by atoms with Crippen molar-refractivity contribution in [3.8, 4) is 5.75 Å². The summed E-state index contributed by atoms with van der Waals surface area (Å²) in [6, 6.07) is 7.79. The molecule has 0 amide bonds. The van der Waals surface area contributed by atoms with Gasteiger partial charge in [0, 0.05) is 13.2 Å². The second-order valence-electron chi connectivity index (χ2n) is 3.92. The van der Waals surface area contributed by atoms with Gasteiger partial charge < -0.3 is 15.2 Å². The summed E-state index contributed by atoms with van der Waals surface area (Å²) in [5.74, 6) is 0.323. The van der Waals surface area contributed by atoms with Gasteiger partial charge in [-0.05, 0) is 37.1 Å². The number of rotatable bonds is 7. The lowest BCUT2D eigenvalue weighted by atomic mass is 10.1. The van der Waals surface area contributed by atoms with Gasteiger partial charge in [0.05, 0.1) is 6.61 Å². The molecule has 0 heterocycles. The van der Waals surface area contributed by atoms with Crippen LogP contribution in [0.25, 0.3) is 0 Å². The molecule has 16 heavy (non-hydrogen) atoms. The van der Waals surface area contributed by atoms with Gasteiger partial charge >= 0.3 is 0 Å². The molecule has 3 nitrogen and oxygen atoms in total. The van der Waals surface area contributed by atoms with E-state index in [1.54, 1.807) is 19.2 Å². The van der Waals surface area contributed by atoms with Gasteiger partial charge in [-0.3, -0.25) is 0 Å². The number of ether oxygens (including phenoxy) is 1. The zero-order valence-electron chi connectivity index (χ0n) is 10.1. The predicted molar refractivity (Wildman–Crippen MR) is 65.8 cm³/mol. The maximum Gasteiger partial charge on any atom is 0.115 e. The molecule has 0 saturated heterocycles. The summed E-state index contributed by atoms with van der Waals surface area (Å²) in [4.78, 5) is 0. The molecule has 0 saturated carbocycles. The monoisotopic (exact) mass is 223 g/mol. The molecule has 2 N–H and O–H groups in total. The molecule has 0 radical (unpaired) electrons. The van der Waals surface area contributed by atoms with E-state index in [0.29, 0.717) is 11.8 Å². The maximum atomic E-state index is 9.17. The van der Waals surface area contributed by atoms with Gasteiger partial charge in [-0.1, -0.05) is 19.1 Å². The standard InChI is InChI=1S/C13H21NO2/c1-3-14-12(10-16-2)7-4-11-5-8-13(15)9-6-11/h5-6,8-9,12,14-15H,3-4,7,10H2,1-2H3. The molecule has 1 aromatic rings. The molecular weight excluding hydrogens is 202 g/mol. The second-order valence-corrected chi connectivity index (χ2v) is 3.92. The molecule has 1 unspecified atom stereocenters. The number of phenolic OH excluding ortho intramolecular Hbond substituents is 1. The lowest BCUT2D eigenvalue weighted by molar-refractivity contribution is 0.163. The average molecular weight is 223 g/mol. The third-order valence-electron chi connectivity index (χ3n) is 2.58. The Kier molecular flexibility index (Phi) is 5.90. The Morgan fingerprint density at radius 1 is 1.31 bits per heavy atom. The maximum absolute atomic E-state index is 9.17. The van der Waals surface area contributed by atoms with E-state index in [-0.39, 0.29) is 0 Å². The van der Waals surface area contributed by atoms with Gasteiger partial charge in [0.15, 0.2) is 0 Å². The van der Waals surface area contributed by atoms with Crippen LogP contribution in [0.15, 0.2) is 24.3 Å². The molecule has 0 aliphatic heterocycles. The topological polar surface area (TPSA) is 41.5 Å². The van der Waals surface area contributed by atoms with Crippen LogP contribution >= 0.6 is 0 Å². The molecule has 1 atom stereocenters. The van der Waals surface area contributed by atoms with Crippen molar-refractivity contribution in [2.45, 2.75) is 25.8 Å². The number of aromatic hydroxyl groups is 1. The first-order valence-electron chi connectivity index (χ1n) is 5.76. The van der Waals surface area contributed by atoms with Crippen LogP contribution in [0.1, 0.15) is 18.9 Å². The highest BCUT2D eigenvalue weighted by Gasteiger charge is 2.06. The molecule has 0 aliphatic carbocycles. The Morgan fingerprint density at radius 2 is 2.00 bits per heavy atom. The summed E-state index contributed by atoms with van der Waals surface area (Å²) < 4.78 is 5.16. The Balaban J connectivity index is 2.38.